The van der Waals surface area contributed by atoms with E-state index in [1.54, 1.807) is 18.3 Å². The number of hydrogen-bond donors (Lipinski definition) is 1. The number of nitrogens with zero attached hydrogens (tertiary/aromatic N) is 3. The molecule has 0 atom stereocenters. The van der Waals surface area contributed by atoms with Crippen LogP contribution in [-0.2, 0) is 0 Å². The van der Waals surface area contributed by atoms with Crippen molar-refractivity contribution in [1.29, 1.82) is 0 Å². The third-order valence-electron chi connectivity index (χ3n) is 2.53. The van der Waals surface area contributed by atoms with Gasteiger partial charge in [0.25, 0.3) is 5.89 Å². The maximum absolute atomic E-state index is 6.05. The fraction of sp³-hybridized carbons (Fsp3) is 0.0833. The number of aryl methyl sites for hydroxylation is 1. The molecule has 0 saturated carbocycles. The lowest BCUT2D eigenvalue weighted by Crippen LogP contribution is -1.86. The molecular weight excluding hydrogens is 284 g/mol. The van der Waals surface area contributed by atoms with Crippen molar-refractivity contribution in [2.45, 2.75) is 6.92 Å². The molecule has 0 aliphatic carbocycles. The highest BCUT2D eigenvalue weighted by Crippen LogP contribution is 2.34. The van der Waals surface area contributed by atoms with E-state index in [2.05, 4.69) is 15.1 Å². The van der Waals surface area contributed by atoms with Crippen LogP contribution in [0, 0.1) is 6.92 Å². The first-order chi connectivity index (χ1) is 9.15. The van der Waals surface area contributed by atoms with E-state index >= 15 is 0 Å². The van der Waals surface area contributed by atoms with Crippen LogP contribution in [0.1, 0.15) is 5.56 Å². The van der Waals surface area contributed by atoms with Crippen molar-refractivity contribution in [3.8, 4) is 22.3 Å². The molecule has 0 aliphatic heterocycles. The van der Waals surface area contributed by atoms with Gasteiger partial charge in [0.1, 0.15) is 5.69 Å². The van der Waals surface area contributed by atoms with Gasteiger partial charge in [0.15, 0.2) is 0 Å². The quantitative estimate of drug-likeness (QED) is 0.783. The van der Waals surface area contributed by atoms with Gasteiger partial charge in [0.2, 0.25) is 5.82 Å². The number of rotatable bonds is 2. The lowest BCUT2D eigenvalue weighted by atomic mass is 10.3. The fourth-order valence-electron chi connectivity index (χ4n) is 1.68. The number of hydrogen-bond acceptors (Lipinski definition) is 6. The molecule has 0 unspecified atom stereocenters. The van der Waals surface area contributed by atoms with Crippen molar-refractivity contribution in [2.75, 3.05) is 5.73 Å². The highest BCUT2D eigenvalue weighted by Gasteiger charge is 2.17. The molecule has 5 nitrogen and oxygen atoms in total. The van der Waals surface area contributed by atoms with Gasteiger partial charge in [-0.2, -0.15) is 4.98 Å². The Balaban J connectivity index is 2.05. The van der Waals surface area contributed by atoms with Gasteiger partial charge >= 0.3 is 0 Å². The zero-order valence-corrected chi connectivity index (χ0v) is 11.5. The summed E-state index contributed by atoms with van der Waals surface area (Å²) in [5, 5.41) is 5.10. The Morgan fingerprint density at radius 2 is 2.26 bits per heavy atom. The second kappa shape index (κ2) is 4.64. The zero-order chi connectivity index (χ0) is 13.4. The molecule has 0 aromatic carbocycles. The maximum atomic E-state index is 6.05. The smallest absolute Gasteiger partial charge is 0.268 e. The molecule has 19 heavy (non-hydrogen) atoms. The number of anilines is 1. The largest absolute Gasteiger partial charge is 0.391 e. The Morgan fingerprint density at radius 1 is 1.42 bits per heavy atom. The van der Waals surface area contributed by atoms with Crippen LogP contribution in [0.5, 0.6) is 0 Å². The van der Waals surface area contributed by atoms with Crippen LogP contribution in [0.15, 0.2) is 28.9 Å². The van der Waals surface area contributed by atoms with Gasteiger partial charge in [-0.25, -0.2) is 0 Å². The lowest BCUT2D eigenvalue weighted by Gasteiger charge is -1.94. The van der Waals surface area contributed by atoms with Crippen LogP contribution in [0.25, 0.3) is 22.3 Å². The molecule has 0 fully saturated rings. The van der Waals surface area contributed by atoms with Gasteiger partial charge in [0, 0.05) is 6.20 Å². The van der Waals surface area contributed by atoms with Crippen molar-refractivity contribution in [2.24, 2.45) is 0 Å². The number of thiophene rings is 1. The summed E-state index contributed by atoms with van der Waals surface area (Å²) in [6.07, 6.45) is 1.63. The van der Waals surface area contributed by atoms with E-state index in [9.17, 15) is 0 Å². The molecule has 7 heteroatoms. The Kier molecular flexibility index (Phi) is 2.96. The van der Waals surface area contributed by atoms with E-state index in [0.29, 0.717) is 27.4 Å². The van der Waals surface area contributed by atoms with Crippen molar-refractivity contribution in [3.63, 3.8) is 0 Å². The molecule has 2 N–H and O–H groups in total. The normalized spacial score (nSPS) is 10.8. The fourth-order valence-corrected chi connectivity index (χ4v) is 2.75. The summed E-state index contributed by atoms with van der Waals surface area (Å²) in [6.45, 7) is 1.94. The zero-order valence-electron chi connectivity index (χ0n) is 9.92. The molecule has 0 saturated heterocycles. The minimum absolute atomic E-state index is 0.368. The van der Waals surface area contributed by atoms with Crippen LogP contribution in [-0.4, -0.2) is 15.1 Å². The topological polar surface area (TPSA) is 77.8 Å². The Labute approximate surface area is 118 Å². The van der Waals surface area contributed by atoms with Gasteiger partial charge in [-0.05, 0) is 30.7 Å². The summed E-state index contributed by atoms with van der Waals surface area (Å²) in [5.41, 5.74) is 7.26. The first-order valence-electron chi connectivity index (χ1n) is 5.46. The van der Waals surface area contributed by atoms with Gasteiger partial charge in [0.05, 0.1) is 14.9 Å². The molecular formula is C12H9ClN4OS. The van der Waals surface area contributed by atoms with Gasteiger partial charge in [-0.3, -0.25) is 4.98 Å². The standard InChI is InChI=1S/C12H9ClN4OS/c1-6-5-8(14)19-10(6)12-16-11(17-18-12)9-7(13)3-2-4-15-9/h2-5H,14H2,1H3. The highest BCUT2D eigenvalue weighted by atomic mass is 35.5. The van der Waals surface area contributed by atoms with Gasteiger partial charge < -0.3 is 10.3 Å². The van der Waals surface area contributed by atoms with E-state index < -0.39 is 0 Å². The second-order valence-electron chi connectivity index (χ2n) is 3.92. The summed E-state index contributed by atoms with van der Waals surface area (Å²) in [4.78, 5) is 9.32. The molecule has 0 bridgehead atoms. The minimum atomic E-state index is 0.368. The first kappa shape index (κ1) is 12.1. The predicted molar refractivity (Wildman–Crippen MR) is 75.0 cm³/mol. The van der Waals surface area contributed by atoms with E-state index in [-0.39, 0.29) is 0 Å². The SMILES string of the molecule is Cc1cc(N)sc1-c1nc(-c2ncccc2Cl)no1. The molecule has 0 spiro atoms. The number of nitrogens with two attached hydrogens (primary N) is 1. The Morgan fingerprint density at radius 3 is 2.95 bits per heavy atom. The Hall–Kier alpha value is -1.92. The number of aromatic nitrogens is 3. The van der Waals surface area contributed by atoms with Crippen molar-refractivity contribution in [1.82, 2.24) is 15.1 Å². The molecule has 96 valence electrons. The van der Waals surface area contributed by atoms with Crippen LogP contribution in [0.3, 0.4) is 0 Å². The Bertz CT molecular complexity index is 737. The molecule has 0 radical (unpaired) electrons. The molecule has 3 aromatic heterocycles. The van der Waals surface area contributed by atoms with Crippen LogP contribution >= 0.6 is 22.9 Å². The third-order valence-corrected chi connectivity index (χ3v) is 3.89. The van der Waals surface area contributed by atoms with E-state index in [4.69, 9.17) is 21.9 Å². The van der Waals surface area contributed by atoms with Crippen molar-refractivity contribution in [3.05, 3.63) is 35.0 Å². The molecule has 3 heterocycles. The molecule has 0 amide bonds. The molecule has 3 aromatic rings. The third kappa shape index (κ3) is 2.20. The predicted octanol–water partition coefficient (Wildman–Crippen LogP) is 3.40. The summed E-state index contributed by atoms with van der Waals surface area (Å²) in [5.74, 6) is 0.794. The van der Waals surface area contributed by atoms with Crippen molar-refractivity contribution >= 4 is 27.9 Å². The van der Waals surface area contributed by atoms with Crippen LogP contribution in [0.4, 0.5) is 5.00 Å². The van der Waals surface area contributed by atoms with Crippen LogP contribution < -0.4 is 5.73 Å². The van der Waals surface area contributed by atoms with Gasteiger partial charge in [-0.1, -0.05) is 16.8 Å². The minimum Gasteiger partial charge on any atom is -0.391 e. The van der Waals surface area contributed by atoms with E-state index in [1.165, 1.54) is 11.3 Å². The van der Waals surface area contributed by atoms with Crippen molar-refractivity contribution < 1.29 is 4.52 Å². The monoisotopic (exact) mass is 292 g/mol. The highest BCUT2D eigenvalue weighted by molar-refractivity contribution is 7.19. The molecule has 0 aliphatic rings. The average molecular weight is 293 g/mol. The second-order valence-corrected chi connectivity index (χ2v) is 5.41. The molecule has 3 rings (SSSR count). The summed E-state index contributed by atoms with van der Waals surface area (Å²) in [7, 11) is 0. The number of nitrogen functional groups attached to an aromatic ring is 1. The number of halogens is 1. The van der Waals surface area contributed by atoms with E-state index in [1.807, 2.05) is 13.0 Å². The van der Waals surface area contributed by atoms with E-state index in [0.717, 1.165) is 10.4 Å². The van der Waals surface area contributed by atoms with Gasteiger partial charge in [-0.15, -0.1) is 11.3 Å². The first-order valence-corrected chi connectivity index (χ1v) is 6.65. The van der Waals surface area contributed by atoms with Crippen LogP contribution in [0.2, 0.25) is 5.02 Å². The maximum Gasteiger partial charge on any atom is 0.268 e. The summed E-state index contributed by atoms with van der Waals surface area (Å²) < 4.78 is 5.25. The number of pyridine rings is 1. The lowest BCUT2D eigenvalue weighted by molar-refractivity contribution is 0.433. The summed E-state index contributed by atoms with van der Waals surface area (Å²) >= 11 is 7.46. The average Bonchev–Trinajstić information content (AvgIpc) is 2.96. The summed E-state index contributed by atoms with van der Waals surface area (Å²) in [6, 6.07) is 5.35.